The van der Waals surface area contributed by atoms with Gasteiger partial charge in [0, 0.05) is 57.7 Å². The summed E-state index contributed by atoms with van der Waals surface area (Å²) in [6, 6.07) is 2.74. The fraction of sp³-hybridized carbons (Fsp3) is 0.733. The molecule has 0 spiro atoms. The van der Waals surface area contributed by atoms with E-state index < -0.39 is 0 Å². The van der Waals surface area contributed by atoms with E-state index in [1.165, 1.54) is 31.7 Å². The summed E-state index contributed by atoms with van der Waals surface area (Å²) in [6.07, 6.45) is 5.64. The summed E-state index contributed by atoms with van der Waals surface area (Å²) in [5.41, 5.74) is 1.41. The maximum Gasteiger partial charge on any atom is 0.0347 e. The first-order chi connectivity index (χ1) is 9.22. The third-order valence-corrected chi connectivity index (χ3v) is 4.20. The molecule has 0 aliphatic carbocycles. The molecule has 1 N–H and O–H groups in total. The molecular weight excluding hydrogens is 236 g/mol. The van der Waals surface area contributed by atoms with Crippen LogP contribution in [0.5, 0.6) is 0 Å². The van der Waals surface area contributed by atoms with Crippen LogP contribution in [-0.2, 0) is 6.54 Å². The van der Waals surface area contributed by atoms with Gasteiger partial charge in [-0.05, 0) is 32.1 Å². The first kappa shape index (κ1) is 14.6. The van der Waals surface area contributed by atoms with Gasteiger partial charge in [-0.1, -0.05) is 6.92 Å². The molecule has 0 aromatic carbocycles. The Balaban J connectivity index is 1.80. The van der Waals surface area contributed by atoms with Gasteiger partial charge in [-0.15, -0.1) is 0 Å². The highest BCUT2D eigenvalue weighted by Crippen LogP contribution is 2.16. The Morgan fingerprint density at radius 3 is 2.58 bits per heavy atom. The Bertz CT molecular complexity index is 362. The second-order valence-electron chi connectivity index (χ2n) is 5.58. The van der Waals surface area contributed by atoms with Crippen molar-refractivity contribution in [2.45, 2.75) is 25.9 Å². The van der Waals surface area contributed by atoms with Crippen LogP contribution in [0.2, 0.25) is 0 Å². The lowest BCUT2D eigenvalue weighted by molar-refractivity contribution is 0.150. The van der Waals surface area contributed by atoms with Gasteiger partial charge in [-0.3, -0.25) is 4.90 Å². The van der Waals surface area contributed by atoms with E-state index in [4.69, 9.17) is 0 Å². The van der Waals surface area contributed by atoms with Crippen molar-refractivity contribution in [2.75, 3.05) is 46.8 Å². The van der Waals surface area contributed by atoms with Crippen molar-refractivity contribution in [3.8, 4) is 0 Å². The highest BCUT2D eigenvalue weighted by atomic mass is 15.2. The molecule has 1 atom stereocenters. The van der Waals surface area contributed by atoms with Gasteiger partial charge < -0.3 is 14.8 Å². The van der Waals surface area contributed by atoms with Crippen LogP contribution < -0.4 is 5.32 Å². The van der Waals surface area contributed by atoms with E-state index >= 15 is 0 Å². The Kier molecular flexibility index (Phi) is 5.43. The summed E-state index contributed by atoms with van der Waals surface area (Å²) >= 11 is 0. The second-order valence-corrected chi connectivity index (χ2v) is 5.58. The van der Waals surface area contributed by atoms with Gasteiger partial charge >= 0.3 is 0 Å². The van der Waals surface area contributed by atoms with Gasteiger partial charge in [0.2, 0.25) is 0 Å². The molecule has 108 valence electrons. The normalized spacial score (nSPS) is 19.7. The van der Waals surface area contributed by atoms with E-state index in [2.05, 4.69) is 52.1 Å². The van der Waals surface area contributed by atoms with Crippen LogP contribution >= 0.6 is 0 Å². The van der Waals surface area contributed by atoms with Gasteiger partial charge in [0.05, 0.1) is 0 Å². The molecule has 4 nitrogen and oxygen atoms in total. The van der Waals surface area contributed by atoms with Gasteiger partial charge in [0.25, 0.3) is 0 Å². The Morgan fingerprint density at radius 2 is 1.95 bits per heavy atom. The largest absolute Gasteiger partial charge is 0.353 e. The summed E-state index contributed by atoms with van der Waals surface area (Å²) in [5.74, 6) is 0. The molecular formula is C15H28N4. The van der Waals surface area contributed by atoms with Crippen LogP contribution in [0.3, 0.4) is 0 Å². The summed E-state index contributed by atoms with van der Waals surface area (Å²) in [4.78, 5) is 4.97. The van der Waals surface area contributed by atoms with Crippen molar-refractivity contribution < 1.29 is 0 Å². The Morgan fingerprint density at radius 1 is 1.21 bits per heavy atom. The quantitative estimate of drug-likeness (QED) is 0.840. The first-order valence-electron chi connectivity index (χ1n) is 7.46. The number of hydrogen-bond donors (Lipinski definition) is 1. The molecule has 1 unspecified atom stereocenters. The minimum absolute atomic E-state index is 0.491. The number of aromatic nitrogens is 1. The lowest BCUT2D eigenvalue weighted by atomic mass is 10.1. The SMILES string of the molecule is CCC(NC)c1ccn(CCN2CCN(C)CC2)c1. The third kappa shape index (κ3) is 4.06. The molecule has 2 rings (SSSR count). The Labute approximate surface area is 117 Å². The van der Waals surface area contributed by atoms with E-state index in [9.17, 15) is 0 Å². The van der Waals surface area contributed by atoms with E-state index in [1.807, 2.05) is 7.05 Å². The smallest absolute Gasteiger partial charge is 0.0347 e. The highest BCUT2D eigenvalue weighted by molar-refractivity contribution is 5.15. The zero-order valence-electron chi connectivity index (χ0n) is 12.6. The summed E-state index contributed by atoms with van der Waals surface area (Å²) in [7, 11) is 4.24. The predicted molar refractivity (Wildman–Crippen MR) is 80.5 cm³/mol. The van der Waals surface area contributed by atoms with Crippen molar-refractivity contribution in [2.24, 2.45) is 0 Å². The fourth-order valence-electron chi connectivity index (χ4n) is 2.74. The van der Waals surface area contributed by atoms with E-state index in [0.29, 0.717) is 6.04 Å². The maximum absolute atomic E-state index is 3.36. The molecule has 1 fully saturated rings. The number of nitrogens with one attached hydrogen (secondary N) is 1. The van der Waals surface area contributed by atoms with Gasteiger partial charge in [-0.2, -0.15) is 0 Å². The van der Waals surface area contributed by atoms with E-state index in [-0.39, 0.29) is 0 Å². The monoisotopic (exact) mass is 264 g/mol. The molecule has 1 aliphatic rings. The van der Waals surface area contributed by atoms with Crippen LogP contribution in [0.1, 0.15) is 24.9 Å². The van der Waals surface area contributed by atoms with Crippen molar-refractivity contribution >= 4 is 0 Å². The fourth-order valence-corrected chi connectivity index (χ4v) is 2.74. The third-order valence-electron chi connectivity index (χ3n) is 4.20. The zero-order chi connectivity index (χ0) is 13.7. The zero-order valence-corrected chi connectivity index (χ0v) is 12.6. The number of rotatable bonds is 6. The number of nitrogens with zero attached hydrogens (tertiary/aromatic N) is 3. The summed E-state index contributed by atoms with van der Waals surface area (Å²) < 4.78 is 2.33. The Hall–Kier alpha value is -0.840. The number of hydrogen-bond acceptors (Lipinski definition) is 3. The van der Waals surface area contributed by atoms with E-state index in [0.717, 1.165) is 19.5 Å². The van der Waals surface area contributed by atoms with Crippen molar-refractivity contribution in [1.29, 1.82) is 0 Å². The summed E-state index contributed by atoms with van der Waals surface area (Å²) in [5, 5.41) is 3.36. The van der Waals surface area contributed by atoms with Gasteiger partial charge in [0.15, 0.2) is 0 Å². The van der Waals surface area contributed by atoms with Crippen LogP contribution in [0.25, 0.3) is 0 Å². The molecule has 4 heteroatoms. The molecule has 1 saturated heterocycles. The van der Waals surface area contributed by atoms with Crippen molar-refractivity contribution in [3.63, 3.8) is 0 Å². The van der Waals surface area contributed by atoms with Gasteiger partial charge in [-0.25, -0.2) is 0 Å². The molecule has 0 amide bonds. The molecule has 2 heterocycles. The first-order valence-corrected chi connectivity index (χ1v) is 7.46. The van der Waals surface area contributed by atoms with Crippen LogP contribution in [0.15, 0.2) is 18.5 Å². The highest BCUT2D eigenvalue weighted by Gasteiger charge is 2.13. The van der Waals surface area contributed by atoms with Crippen molar-refractivity contribution in [1.82, 2.24) is 19.7 Å². The molecule has 0 saturated carbocycles. The van der Waals surface area contributed by atoms with Crippen LogP contribution in [-0.4, -0.2) is 61.2 Å². The predicted octanol–water partition coefficient (Wildman–Crippen LogP) is 1.41. The number of piperazine rings is 1. The molecule has 0 radical (unpaired) electrons. The maximum atomic E-state index is 3.36. The van der Waals surface area contributed by atoms with E-state index in [1.54, 1.807) is 0 Å². The molecule has 0 bridgehead atoms. The standard InChI is InChI=1S/C15H28N4/c1-4-15(16-2)14-5-6-19(13-14)12-11-18-9-7-17(3)8-10-18/h5-6,13,15-16H,4,7-12H2,1-3H3. The topological polar surface area (TPSA) is 23.4 Å². The average molecular weight is 264 g/mol. The van der Waals surface area contributed by atoms with Crippen LogP contribution in [0, 0.1) is 0 Å². The van der Waals surface area contributed by atoms with Crippen molar-refractivity contribution in [3.05, 3.63) is 24.0 Å². The molecule has 19 heavy (non-hydrogen) atoms. The van der Waals surface area contributed by atoms with Crippen LogP contribution in [0.4, 0.5) is 0 Å². The summed E-state index contributed by atoms with van der Waals surface area (Å²) in [6.45, 7) is 9.31. The molecule has 1 aromatic rings. The average Bonchev–Trinajstić information content (AvgIpc) is 2.88. The van der Waals surface area contributed by atoms with Gasteiger partial charge in [0.1, 0.15) is 0 Å². The minimum atomic E-state index is 0.491. The minimum Gasteiger partial charge on any atom is -0.353 e. The lowest BCUT2D eigenvalue weighted by Gasteiger charge is -2.32. The number of likely N-dealkylation sites (N-methyl/N-ethyl adjacent to an activating group) is 1. The molecule has 1 aromatic heterocycles. The second kappa shape index (κ2) is 7.08. The molecule has 1 aliphatic heterocycles. The lowest BCUT2D eigenvalue weighted by Crippen LogP contribution is -2.45.